The second-order valence-corrected chi connectivity index (χ2v) is 4.90. The lowest BCUT2D eigenvalue weighted by Gasteiger charge is -2.22. The van der Waals surface area contributed by atoms with Gasteiger partial charge < -0.3 is 10.4 Å². The quantitative estimate of drug-likeness (QED) is 0.747. The number of aromatic nitrogens is 2. The Balaban J connectivity index is 2.42. The molecular weight excluding hydrogens is 226 g/mol. The van der Waals surface area contributed by atoms with Crippen LogP contribution in [0.15, 0.2) is 12.4 Å². The number of nitrogens with zero attached hydrogens (tertiary/aromatic N) is 2. The van der Waals surface area contributed by atoms with Gasteiger partial charge in [-0.15, -0.1) is 0 Å². The first kappa shape index (κ1) is 15.2. The largest absolute Gasteiger partial charge is 0.392 e. The van der Waals surface area contributed by atoms with Crippen molar-refractivity contribution in [3.05, 3.63) is 18.0 Å². The second-order valence-electron chi connectivity index (χ2n) is 4.90. The van der Waals surface area contributed by atoms with Crippen LogP contribution in [0.5, 0.6) is 0 Å². The molecule has 0 amide bonds. The van der Waals surface area contributed by atoms with E-state index in [1.165, 1.54) is 5.56 Å². The molecule has 0 spiro atoms. The van der Waals surface area contributed by atoms with Gasteiger partial charge in [0, 0.05) is 30.9 Å². The zero-order valence-corrected chi connectivity index (χ0v) is 12.1. The van der Waals surface area contributed by atoms with Crippen molar-refractivity contribution in [2.24, 2.45) is 5.92 Å². The maximum absolute atomic E-state index is 10.1. The van der Waals surface area contributed by atoms with Crippen LogP contribution in [0.1, 0.15) is 52.1 Å². The lowest BCUT2D eigenvalue weighted by molar-refractivity contribution is 0.0989. The molecule has 2 N–H and O–H groups in total. The maximum Gasteiger partial charge on any atom is 0.0692 e. The number of aryl methyl sites for hydroxylation is 1. The predicted molar refractivity (Wildman–Crippen MR) is 74.4 cm³/mol. The second kappa shape index (κ2) is 7.54. The molecule has 0 fully saturated rings. The SMILES string of the molecule is CCC(CC)C(O)CNC(C)c1cnn(CC)c1. The van der Waals surface area contributed by atoms with Crippen molar-refractivity contribution in [2.45, 2.75) is 59.2 Å². The molecule has 104 valence electrons. The number of aliphatic hydroxyl groups is 1. The first-order chi connectivity index (χ1) is 8.62. The number of nitrogens with one attached hydrogen (secondary N) is 1. The zero-order chi connectivity index (χ0) is 13.5. The first-order valence-electron chi connectivity index (χ1n) is 7.06. The molecule has 1 rings (SSSR count). The van der Waals surface area contributed by atoms with E-state index >= 15 is 0 Å². The van der Waals surface area contributed by atoms with E-state index < -0.39 is 0 Å². The molecule has 0 radical (unpaired) electrons. The van der Waals surface area contributed by atoms with Crippen LogP contribution in [0.4, 0.5) is 0 Å². The van der Waals surface area contributed by atoms with Crippen molar-refractivity contribution in [1.82, 2.24) is 15.1 Å². The smallest absolute Gasteiger partial charge is 0.0692 e. The van der Waals surface area contributed by atoms with Gasteiger partial charge in [-0.3, -0.25) is 4.68 Å². The van der Waals surface area contributed by atoms with E-state index in [1.54, 1.807) is 0 Å². The van der Waals surface area contributed by atoms with Crippen LogP contribution in [0.2, 0.25) is 0 Å². The normalized spacial score (nSPS) is 15.0. The molecule has 0 aliphatic rings. The van der Waals surface area contributed by atoms with Gasteiger partial charge >= 0.3 is 0 Å². The predicted octanol–water partition coefficient (Wildman–Crippen LogP) is 2.35. The van der Waals surface area contributed by atoms with Crippen LogP contribution in [-0.4, -0.2) is 27.5 Å². The molecule has 0 aliphatic carbocycles. The summed E-state index contributed by atoms with van der Waals surface area (Å²) in [5.41, 5.74) is 1.17. The fourth-order valence-electron chi connectivity index (χ4n) is 2.19. The van der Waals surface area contributed by atoms with E-state index in [-0.39, 0.29) is 12.1 Å². The highest BCUT2D eigenvalue weighted by molar-refractivity contribution is 5.09. The van der Waals surface area contributed by atoms with Crippen molar-refractivity contribution < 1.29 is 5.11 Å². The Morgan fingerprint density at radius 3 is 2.50 bits per heavy atom. The maximum atomic E-state index is 10.1. The highest BCUT2D eigenvalue weighted by atomic mass is 16.3. The van der Waals surface area contributed by atoms with Gasteiger partial charge in [-0.1, -0.05) is 26.7 Å². The summed E-state index contributed by atoms with van der Waals surface area (Å²) in [6.45, 7) is 9.98. The number of hydrogen-bond donors (Lipinski definition) is 2. The summed E-state index contributed by atoms with van der Waals surface area (Å²) in [6, 6.07) is 0.231. The Morgan fingerprint density at radius 2 is 2.00 bits per heavy atom. The zero-order valence-electron chi connectivity index (χ0n) is 12.1. The van der Waals surface area contributed by atoms with Crippen molar-refractivity contribution in [1.29, 1.82) is 0 Å². The van der Waals surface area contributed by atoms with Gasteiger partial charge in [-0.25, -0.2) is 0 Å². The molecule has 2 unspecified atom stereocenters. The summed E-state index contributed by atoms with van der Waals surface area (Å²) in [4.78, 5) is 0. The summed E-state index contributed by atoms with van der Waals surface area (Å²) in [6.07, 6.45) is 5.75. The van der Waals surface area contributed by atoms with Gasteiger partial charge in [-0.05, 0) is 19.8 Å². The summed E-state index contributed by atoms with van der Waals surface area (Å²) in [7, 11) is 0. The average molecular weight is 253 g/mol. The highest BCUT2D eigenvalue weighted by Gasteiger charge is 2.16. The molecule has 0 aromatic carbocycles. The topological polar surface area (TPSA) is 50.1 Å². The molecule has 0 aliphatic heterocycles. The van der Waals surface area contributed by atoms with E-state index in [9.17, 15) is 5.11 Å². The summed E-state index contributed by atoms with van der Waals surface area (Å²) >= 11 is 0. The van der Waals surface area contributed by atoms with Crippen LogP contribution >= 0.6 is 0 Å². The Bertz CT molecular complexity index is 334. The fraction of sp³-hybridized carbons (Fsp3) is 0.786. The van der Waals surface area contributed by atoms with Crippen molar-refractivity contribution >= 4 is 0 Å². The van der Waals surface area contributed by atoms with Crippen molar-refractivity contribution in [2.75, 3.05) is 6.54 Å². The van der Waals surface area contributed by atoms with Crippen molar-refractivity contribution in [3.63, 3.8) is 0 Å². The highest BCUT2D eigenvalue weighted by Crippen LogP contribution is 2.15. The summed E-state index contributed by atoms with van der Waals surface area (Å²) < 4.78 is 1.92. The Labute approximate surface area is 110 Å². The number of aliphatic hydroxyl groups excluding tert-OH is 1. The minimum atomic E-state index is -0.260. The third-order valence-corrected chi connectivity index (χ3v) is 3.70. The molecule has 2 atom stereocenters. The van der Waals surface area contributed by atoms with Gasteiger partial charge in [0.1, 0.15) is 0 Å². The van der Waals surface area contributed by atoms with Gasteiger partial charge in [0.2, 0.25) is 0 Å². The van der Waals surface area contributed by atoms with Crippen molar-refractivity contribution in [3.8, 4) is 0 Å². The summed E-state index contributed by atoms with van der Waals surface area (Å²) in [5, 5.41) is 17.7. The van der Waals surface area contributed by atoms with Crippen LogP contribution in [0, 0.1) is 5.92 Å². The van der Waals surface area contributed by atoms with Gasteiger partial charge in [-0.2, -0.15) is 5.10 Å². The van der Waals surface area contributed by atoms with Crippen LogP contribution in [-0.2, 0) is 6.54 Å². The third-order valence-electron chi connectivity index (χ3n) is 3.70. The minimum absolute atomic E-state index is 0.231. The molecule has 1 heterocycles. The third kappa shape index (κ3) is 4.10. The molecule has 1 aromatic heterocycles. The van der Waals surface area contributed by atoms with Gasteiger partial charge in [0.25, 0.3) is 0 Å². The molecule has 0 saturated carbocycles. The Kier molecular flexibility index (Phi) is 6.36. The van der Waals surface area contributed by atoms with Gasteiger partial charge in [0.15, 0.2) is 0 Å². The Hall–Kier alpha value is -0.870. The van der Waals surface area contributed by atoms with Gasteiger partial charge in [0.05, 0.1) is 12.3 Å². The standard InChI is InChI=1S/C14H27N3O/c1-5-12(6-2)14(18)9-15-11(4)13-8-16-17(7-3)10-13/h8,10-12,14-15,18H,5-7,9H2,1-4H3. The molecule has 4 heteroatoms. The van der Waals surface area contributed by atoms with Crippen LogP contribution in [0.25, 0.3) is 0 Å². The van der Waals surface area contributed by atoms with E-state index in [2.05, 4.69) is 44.3 Å². The number of rotatable bonds is 8. The molecule has 18 heavy (non-hydrogen) atoms. The molecule has 0 saturated heterocycles. The lowest BCUT2D eigenvalue weighted by atomic mass is 9.96. The Morgan fingerprint density at radius 1 is 1.33 bits per heavy atom. The van der Waals surface area contributed by atoms with E-state index in [0.29, 0.717) is 12.5 Å². The van der Waals surface area contributed by atoms with E-state index in [0.717, 1.165) is 19.4 Å². The molecule has 1 aromatic rings. The fourth-order valence-corrected chi connectivity index (χ4v) is 2.19. The first-order valence-corrected chi connectivity index (χ1v) is 7.06. The number of hydrogen-bond acceptors (Lipinski definition) is 3. The molecule has 4 nitrogen and oxygen atoms in total. The average Bonchev–Trinajstić information content (AvgIpc) is 2.86. The van der Waals surface area contributed by atoms with Crippen LogP contribution in [0.3, 0.4) is 0 Å². The van der Waals surface area contributed by atoms with Crippen LogP contribution < -0.4 is 5.32 Å². The molecule has 0 bridgehead atoms. The monoisotopic (exact) mass is 253 g/mol. The molecular formula is C14H27N3O. The minimum Gasteiger partial charge on any atom is -0.392 e. The van der Waals surface area contributed by atoms with E-state index in [4.69, 9.17) is 0 Å². The summed E-state index contributed by atoms with van der Waals surface area (Å²) in [5.74, 6) is 0.392. The lowest BCUT2D eigenvalue weighted by Crippen LogP contribution is -2.33. The van der Waals surface area contributed by atoms with E-state index in [1.807, 2.05) is 10.9 Å².